The van der Waals surface area contributed by atoms with Crippen LogP contribution in [0.5, 0.6) is 0 Å². The monoisotopic (exact) mass is 258 g/mol. The third-order valence-corrected chi connectivity index (χ3v) is 3.65. The summed E-state index contributed by atoms with van der Waals surface area (Å²) in [6, 6.07) is 9.49. The highest BCUT2D eigenvalue weighted by Crippen LogP contribution is 2.45. The molecule has 0 aromatic heterocycles. The predicted octanol–water partition coefficient (Wildman–Crippen LogP) is 2.10. The molecule has 1 aromatic carbocycles. The lowest BCUT2D eigenvalue weighted by atomic mass is 9.63. The normalized spacial score (nSPS) is 25.2. The summed E-state index contributed by atoms with van der Waals surface area (Å²) in [4.78, 5) is 12.1. The maximum Gasteiger partial charge on any atom is 0.244 e. The molecule has 1 saturated carbocycles. The van der Waals surface area contributed by atoms with Gasteiger partial charge < -0.3 is 10.4 Å². The highest BCUT2D eigenvalue weighted by molar-refractivity contribution is 5.97. The number of nitriles is 1. The molecule has 4 heteroatoms. The van der Waals surface area contributed by atoms with Crippen LogP contribution in [0.4, 0.5) is 5.69 Å². The van der Waals surface area contributed by atoms with E-state index in [9.17, 15) is 10.1 Å². The molecule has 1 fully saturated rings. The Kier molecular flexibility index (Phi) is 3.87. The zero-order valence-corrected chi connectivity index (χ0v) is 11.0. The first-order valence-electron chi connectivity index (χ1n) is 6.52. The fourth-order valence-corrected chi connectivity index (χ4v) is 2.59. The summed E-state index contributed by atoms with van der Waals surface area (Å²) in [5, 5.41) is 20.8. The number of hydrogen-bond acceptors (Lipinski definition) is 3. The van der Waals surface area contributed by atoms with Crippen LogP contribution in [0.1, 0.15) is 25.3 Å². The first kappa shape index (κ1) is 13.6. The Morgan fingerprint density at radius 1 is 1.47 bits per heavy atom. The highest BCUT2D eigenvalue weighted by atomic mass is 16.2. The maximum absolute atomic E-state index is 12.1. The Bertz CT molecular complexity index is 496. The van der Waals surface area contributed by atoms with Crippen molar-refractivity contribution in [2.45, 2.75) is 26.2 Å². The summed E-state index contributed by atoms with van der Waals surface area (Å²) in [7, 11) is 0. The highest BCUT2D eigenvalue weighted by Gasteiger charge is 2.48. The first-order chi connectivity index (χ1) is 9.09. The molecule has 100 valence electrons. The van der Waals surface area contributed by atoms with Crippen LogP contribution in [-0.4, -0.2) is 17.6 Å². The number of aliphatic hydroxyl groups excluding tert-OH is 1. The number of hydrogen-bond donors (Lipinski definition) is 2. The van der Waals surface area contributed by atoms with E-state index in [-0.39, 0.29) is 12.5 Å². The molecule has 0 saturated heterocycles. The van der Waals surface area contributed by atoms with Crippen molar-refractivity contribution >= 4 is 11.6 Å². The quantitative estimate of drug-likeness (QED) is 0.868. The second-order valence-corrected chi connectivity index (χ2v) is 5.33. The molecule has 0 spiro atoms. The zero-order chi connectivity index (χ0) is 13.9. The van der Waals surface area contributed by atoms with Crippen LogP contribution >= 0.6 is 0 Å². The van der Waals surface area contributed by atoms with E-state index < -0.39 is 5.41 Å². The lowest BCUT2D eigenvalue weighted by molar-refractivity contribution is -0.128. The molecule has 1 amide bonds. The largest absolute Gasteiger partial charge is 0.396 e. The molecule has 0 bridgehead atoms. The topological polar surface area (TPSA) is 73.1 Å². The van der Waals surface area contributed by atoms with Crippen molar-refractivity contribution in [2.75, 3.05) is 11.9 Å². The molecular weight excluding hydrogens is 240 g/mol. The van der Waals surface area contributed by atoms with E-state index in [4.69, 9.17) is 5.11 Å². The lowest BCUT2D eigenvalue weighted by Crippen LogP contribution is -2.45. The molecule has 0 unspecified atom stereocenters. The fourth-order valence-electron chi connectivity index (χ4n) is 2.59. The Labute approximate surface area is 113 Å². The van der Waals surface area contributed by atoms with Crippen molar-refractivity contribution in [1.29, 1.82) is 5.26 Å². The van der Waals surface area contributed by atoms with Gasteiger partial charge in [-0.15, -0.1) is 0 Å². The Hall–Kier alpha value is -1.86. The van der Waals surface area contributed by atoms with E-state index in [0.29, 0.717) is 30.9 Å². The van der Waals surface area contributed by atoms with Crippen LogP contribution in [0.15, 0.2) is 24.3 Å². The van der Waals surface area contributed by atoms with E-state index in [1.165, 1.54) is 0 Å². The molecule has 1 aliphatic rings. The van der Waals surface area contributed by atoms with Crippen molar-refractivity contribution in [3.05, 3.63) is 29.8 Å². The SMILES string of the molecule is CC1CC(C#N)(C(=O)Nc2ccc(CCO)cc2)C1. The molecule has 0 aliphatic heterocycles. The summed E-state index contributed by atoms with van der Waals surface area (Å²) >= 11 is 0. The zero-order valence-electron chi connectivity index (χ0n) is 11.0. The standard InChI is InChI=1S/C15H18N2O2/c1-11-8-15(9-11,10-16)14(19)17-13-4-2-12(3-5-13)6-7-18/h2-5,11,18H,6-9H2,1H3,(H,17,19). The van der Waals surface area contributed by atoms with Gasteiger partial charge in [0, 0.05) is 12.3 Å². The van der Waals surface area contributed by atoms with Crippen molar-refractivity contribution in [1.82, 2.24) is 0 Å². The smallest absolute Gasteiger partial charge is 0.244 e. The van der Waals surface area contributed by atoms with E-state index in [1.807, 2.05) is 19.1 Å². The second kappa shape index (κ2) is 5.41. The number of benzene rings is 1. The number of carbonyl (C=O) groups is 1. The van der Waals surface area contributed by atoms with Gasteiger partial charge in [0.2, 0.25) is 5.91 Å². The number of aliphatic hydroxyl groups is 1. The van der Waals surface area contributed by atoms with Crippen LogP contribution in [0, 0.1) is 22.7 Å². The van der Waals surface area contributed by atoms with Crippen LogP contribution in [0.3, 0.4) is 0 Å². The van der Waals surface area contributed by atoms with Gasteiger partial charge in [0.15, 0.2) is 0 Å². The minimum absolute atomic E-state index is 0.112. The summed E-state index contributed by atoms with van der Waals surface area (Å²) < 4.78 is 0. The molecule has 19 heavy (non-hydrogen) atoms. The van der Waals surface area contributed by atoms with Gasteiger partial charge in [-0.3, -0.25) is 4.79 Å². The summed E-state index contributed by atoms with van der Waals surface area (Å²) in [6.45, 7) is 2.16. The number of anilines is 1. The first-order valence-corrected chi connectivity index (χ1v) is 6.52. The van der Waals surface area contributed by atoms with E-state index >= 15 is 0 Å². The number of carbonyl (C=O) groups excluding carboxylic acids is 1. The molecule has 1 aromatic rings. The van der Waals surface area contributed by atoms with Crippen LogP contribution in [0.25, 0.3) is 0 Å². The molecule has 2 rings (SSSR count). The van der Waals surface area contributed by atoms with Gasteiger partial charge in [-0.2, -0.15) is 5.26 Å². The third kappa shape index (κ3) is 2.77. The van der Waals surface area contributed by atoms with Gasteiger partial charge >= 0.3 is 0 Å². The average Bonchev–Trinajstić information content (AvgIpc) is 2.37. The van der Waals surface area contributed by atoms with E-state index in [2.05, 4.69) is 11.4 Å². The van der Waals surface area contributed by atoms with Gasteiger partial charge in [0.05, 0.1) is 6.07 Å². The van der Waals surface area contributed by atoms with Crippen LogP contribution in [0.2, 0.25) is 0 Å². The molecule has 2 N–H and O–H groups in total. The Balaban J connectivity index is 2.01. The molecular formula is C15H18N2O2. The van der Waals surface area contributed by atoms with Gasteiger partial charge in [-0.25, -0.2) is 0 Å². The minimum Gasteiger partial charge on any atom is -0.396 e. The Morgan fingerprint density at radius 2 is 2.11 bits per heavy atom. The maximum atomic E-state index is 12.1. The van der Waals surface area contributed by atoms with Crippen molar-refractivity contribution in [3.8, 4) is 6.07 Å². The second-order valence-electron chi connectivity index (χ2n) is 5.33. The van der Waals surface area contributed by atoms with Crippen molar-refractivity contribution in [3.63, 3.8) is 0 Å². The molecule has 0 atom stereocenters. The number of rotatable bonds is 4. The number of nitrogens with zero attached hydrogens (tertiary/aromatic N) is 1. The fraction of sp³-hybridized carbons (Fsp3) is 0.467. The number of nitrogens with one attached hydrogen (secondary N) is 1. The minimum atomic E-state index is -0.844. The molecule has 4 nitrogen and oxygen atoms in total. The summed E-state index contributed by atoms with van der Waals surface area (Å²) in [6.07, 6.45) is 1.88. The predicted molar refractivity (Wildman–Crippen MR) is 72.3 cm³/mol. The molecule has 1 aliphatic carbocycles. The summed E-state index contributed by atoms with van der Waals surface area (Å²) in [5.74, 6) is 0.236. The van der Waals surface area contributed by atoms with Gasteiger partial charge in [0.25, 0.3) is 0 Å². The van der Waals surface area contributed by atoms with Gasteiger partial charge in [-0.1, -0.05) is 19.1 Å². The lowest BCUT2D eigenvalue weighted by Gasteiger charge is -2.39. The van der Waals surface area contributed by atoms with Gasteiger partial charge in [-0.05, 0) is 42.9 Å². The molecule has 0 radical (unpaired) electrons. The summed E-state index contributed by atoms with van der Waals surface area (Å²) in [5.41, 5.74) is 0.872. The number of amides is 1. The van der Waals surface area contributed by atoms with Crippen molar-refractivity contribution in [2.24, 2.45) is 11.3 Å². The van der Waals surface area contributed by atoms with Crippen LogP contribution < -0.4 is 5.32 Å². The average molecular weight is 258 g/mol. The van der Waals surface area contributed by atoms with E-state index in [0.717, 1.165) is 5.56 Å². The van der Waals surface area contributed by atoms with Crippen LogP contribution in [-0.2, 0) is 11.2 Å². The van der Waals surface area contributed by atoms with Gasteiger partial charge in [0.1, 0.15) is 5.41 Å². The van der Waals surface area contributed by atoms with E-state index in [1.54, 1.807) is 12.1 Å². The molecule has 0 heterocycles. The Morgan fingerprint density at radius 3 is 2.58 bits per heavy atom. The van der Waals surface area contributed by atoms with Crippen molar-refractivity contribution < 1.29 is 9.90 Å². The third-order valence-electron chi connectivity index (χ3n) is 3.65.